The van der Waals surface area contributed by atoms with E-state index in [2.05, 4.69) is 26.0 Å². The number of esters is 2. The van der Waals surface area contributed by atoms with Gasteiger partial charge in [-0.25, -0.2) is 0 Å². The van der Waals surface area contributed by atoms with Crippen LogP contribution in [-0.2, 0) is 38.7 Å². The van der Waals surface area contributed by atoms with Crippen molar-refractivity contribution in [1.29, 1.82) is 0 Å². The van der Waals surface area contributed by atoms with E-state index >= 15 is 0 Å². The molecule has 0 bridgehead atoms. The maximum Gasteiger partial charge on any atom is 0.306 e. The molecule has 1 aliphatic heterocycles. The van der Waals surface area contributed by atoms with Crippen molar-refractivity contribution in [1.82, 2.24) is 0 Å². The molecule has 1 saturated heterocycles. The van der Waals surface area contributed by atoms with E-state index in [0.29, 0.717) is 12.8 Å². The smallest absolute Gasteiger partial charge is 0.306 e. The number of unbranched alkanes of at least 4 members (excludes halogenated alkanes) is 23. The van der Waals surface area contributed by atoms with Gasteiger partial charge in [0, 0.05) is 12.8 Å². The van der Waals surface area contributed by atoms with Crippen molar-refractivity contribution in [3.63, 3.8) is 0 Å². The fraction of sp³-hybridized carbons (Fsp3) is 0.830. The number of allylic oxidation sites excluding steroid dienone is 6. The average Bonchev–Trinajstić information content (AvgIpc) is 3.21. The number of carbonyl (C=O) groups is 2. The number of aliphatic hydroxyl groups is 3. The number of hydrogen-bond donors (Lipinski definition) is 4. The van der Waals surface area contributed by atoms with Crippen LogP contribution in [0.1, 0.15) is 194 Å². The molecule has 0 amide bonds. The first-order chi connectivity index (χ1) is 29.0. The second-order valence-electron chi connectivity index (χ2n) is 16.5. The Labute approximate surface area is 363 Å². The second-order valence-corrected chi connectivity index (χ2v) is 18.0. The van der Waals surface area contributed by atoms with Crippen LogP contribution in [0.15, 0.2) is 36.5 Å². The third-order valence-corrected chi connectivity index (χ3v) is 11.5. The van der Waals surface area contributed by atoms with Gasteiger partial charge >= 0.3 is 11.9 Å². The molecule has 350 valence electrons. The molecule has 0 aliphatic carbocycles. The Morgan fingerprint density at radius 3 is 1.55 bits per heavy atom. The van der Waals surface area contributed by atoms with Crippen LogP contribution in [0.2, 0.25) is 0 Å². The second kappa shape index (κ2) is 37.4. The molecule has 1 fully saturated rings. The molecule has 0 aromatic rings. The first-order valence-electron chi connectivity index (χ1n) is 23.6. The van der Waals surface area contributed by atoms with E-state index in [9.17, 15) is 37.9 Å². The van der Waals surface area contributed by atoms with Gasteiger partial charge in [0.2, 0.25) is 0 Å². The summed E-state index contributed by atoms with van der Waals surface area (Å²) in [4.78, 5) is 25.4. The van der Waals surface area contributed by atoms with Gasteiger partial charge in [0.1, 0.15) is 36.8 Å². The van der Waals surface area contributed by atoms with Crippen LogP contribution in [0, 0.1) is 0 Å². The summed E-state index contributed by atoms with van der Waals surface area (Å²) in [7, 11) is -4.60. The van der Waals surface area contributed by atoms with E-state index < -0.39 is 71.2 Å². The summed E-state index contributed by atoms with van der Waals surface area (Å²) in [5.74, 6) is -2.00. The minimum Gasteiger partial charge on any atom is -0.462 e. The van der Waals surface area contributed by atoms with Crippen LogP contribution in [0.25, 0.3) is 0 Å². The molecule has 0 aromatic carbocycles. The highest BCUT2D eigenvalue weighted by molar-refractivity contribution is 7.85. The van der Waals surface area contributed by atoms with Gasteiger partial charge in [-0.2, -0.15) is 8.42 Å². The molecule has 3 unspecified atom stereocenters. The molecule has 60 heavy (non-hydrogen) atoms. The number of carbonyl (C=O) groups excluding carboxylic acids is 2. The van der Waals surface area contributed by atoms with Gasteiger partial charge in [-0.3, -0.25) is 14.1 Å². The highest BCUT2D eigenvalue weighted by atomic mass is 32.2. The molecular weight excluding hydrogens is 789 g/mol. The summed E-state index contributed by atoms with van der Waals surface area (Å²) in [6.07, 6.45) is 33.4. The SMILES string of the molecule is CC/C=C/C=C/C=C/CCCCCCCC(=O)OC(COC(=O)CCCCCCCCCCCCCCCCCCCCC)CO[C@H]1O[C@H](CS(=O)(=O)O)[C@@H](O)C(O)C1O. The predicted molar refractivity (Wildman–Crippen MR) is 238 cm³/mol. The van der Waals surface area contributed by atoms with E-state index in [1.807, 2.05) is 24.3 Å². The minimum atomic E-state index is -4.60. The lowest BCUT2D eigenvalue weighted by Crippen LogP contribution is -2.60. The Morgan fingerprint density at radius 1 is 0.583 bits per heavy atom. The Balaban J connectivity index is 2.39. The van der Waals surface area contributed by atoms with Crippen molar-refractivity contribution in [3.8, 4) is 0 Å². The molecule has 0 saturated carbocycles. The topological polar surface area (TPSA) is 186 Å². The number of ether oxygens (including phenoxy) is 4. The van der Waals surface area contributed by atoms with E-state index in [1.54, 1.807) is 0 Å². The zero-order valence-corrected chi connectivity index (χ0v) is 38.1. The van der Waals surface area contributed by atoms with E-state index in [4.69, 9.17) is 18.9 Å². The summed E-state index contributed by atoms with van der Waals surface area (Å²) in [5.41, 5.74) is 0. The minimum absolute atomic E-state index is 0.143. The van der Waals surface area contributed by atoms with Crippen LogP contribution in [0.3, 0.4) is 0 Å². The maximum absolute atomic E-state index is 12.8. The zero-order valence-electron chi connectivity index (χ0n) is 37.3. The van der Waals surface area contributed by atoms with Gasteiger partial charge in [0.25, 0.3) is 10.1 Å². The molecule has 0 radical (unpaired) electrons. The Hall–Kier alpha value is -2.13. The standard InChI is InChI=1S/C47H84O12S/c1-3-5-7-9-11-13-15-17-18-19-20-21-22-24-25-27-29-31-33-35-42(48)56-37-40(38-57-47-46(52)45(51)44(50)41(59-47)39-60(53,54)55)58-43(49)36-34-32-30-28-26-23-16-14-12-10-8-6-4-2/h6,8,10,12,14,16,40-41,44-47,50-52H,3-5,7,9,11,13,15,17-39H2,1-2H3,(H,53,54,55)/b8-6+,12-10+,16-14+/t40?,41-,44-,45?,46?,47+/m1/s1. The van der Waals surface area contributed by atoms with Crippen LogP contribution in [-0.4, -0.2) is 96.0 Å². The zero-order chi connectivity index (χ0) is 44.1. The van der Waals surface area contributed by atoms with Gasteiger partial charge in [-0.1, -0.05) is 185 Å². The largest absolute Gasteiger partial charge is 0.462 e. The third-order valence-electron chi connectivity index (χ3n) is 10.8. The number of hydrogen-bond acceptors (Lipinski definition) is 11. The van der Waals surface area contributed by atoms with Crippen molar-refractivity contribution in [2.75, 3.05) is 19.0 Å². The van der Waals surface area contributed by atoms with Gasteiger partial charge in [0.15, 0.2) is 12.4 Å². The first-order valence-corrected chi connectivity index (χ1v) is 25.2. The van der Waals surface area contributed by atoms with Crippen molar-refractivity contribution < 1.29 is 56.8 Å². The summed E-state index contributed by atoms with van der Waals surface area (Å²) in [5, 5.41) is 30.9. The highest BCUT2D eigenvalue weighted by Gasteiger charge is 2.46. The lowest BCUT2D eigenvalue weighted by Gasteiger charge is -2.40. The molecule has 12 nitrogen and oxygen atoms in total. The molecule has 0 spiro atoms. The van der Waals surface area contributed by atoms with Crippen LogP contribution in [0.4, 0.5) is 0 Å². The lowest BCUT2D eigenvalue weighted by molar-refractivity contribution is -0.297. The molecule has 6 atom stereocenters. The molecule has 1 rings (SSSR count). The number of rotatable bonds is 39. The van der Waals surface area contributed by atoms with Crippen molar-refractivity contribution in [2.24, 2.45) is 0 Å². The first kappa shape index (κ1) is 55.9. The third kappa shape index (κ3) is 31.7. The summed E-state index contributed by atoms with van der Waals surface area (Å²) in [6.45, 7) is 3.62. The normalized spacial score (nSPS) is 20.4. The summed E-state index contributed by atoms with van der Waals surface area (Å²) >= 11 is 0. The number of aliphatic hydroxyl groups excluding tert-OH is 3. The quantitative estimate of drug-likeness (QED) is 0.0199. The van der Waals surface area contributed by atoms with Crippen LogP contribution >= 0.6 is 0 Å². The summed E-state index contributed by atoms with van der Waals surface area (Å²) < 4.78 is 54.1. The van der Waals surface area contributed by atoms with Crippen LogP contribution in [0.5, 0.6) is 0 Å². The molecule has 4 N–H and O–H groups in total. The van der Waals surface area contributed by atoms with Crippen molar-refractivity contribution >= 4 is 22.1 Å². The molecule has 0 aromatic heterocycles. The monoisotopic (exact) mass is 873 g/mol. The highest BCUT2D eigenvalue weighted by Crippen LogP contribution is 2.24. The fourth-order valence-corrected chi connectivity index (χ4v) is 7.84. The molecular formula is C47H84O12S. The Morgan fingerprint density at radius 2 is 1.05 bits per heavy atom. The Kier molecular flexibility index (Phi) is 34.9. The van der Waals surface area contributed by atoms with Gasteiger partial charge in [-0.15, -0.1) is 0 Å². The van der Waals surface area contributed by atoms with E-state index in [0.717, 1.165) is 57.8 Å². The maximum atomic E-state index is 12.8. The van der Waals surface area contributed by atoms with Gasteiger partial charge in [-0.05, 0) is 32.1 Å². The van der Waals surface area contributed by atoms with E-state index in [1.165, 1.54) is 96.3 Å². The summed E-state index contributed by atoms with van der Waals surface area (Å²) in [6, 6.07) is 0. The fourth-order valence-electron chi connectivity index (χ4n) is 7.15. The molecule has 13 heteroatoms. The average molecular weight is 873 g/mol. The van der Waals surface area contributed by atoms with E-state index in [-0.39, 0.29) is 19.4 Å². The van der Waals surface area contributed by atoms with Gasteiger partial charge in [0.05, 0.1) is 6.61 Å². The van der Waals surface area contributed by atoms with Crippen molar-refractivity contribution in [2.45, 2.75) is 230 Å². The predicted octanol–water partition coefficient (Wildman–Crippen LogP) is 9.78. The van der Waals surface area contributed by atoms with Crippen LogP contribution < -0.4 is 0 Å². The Bertz CT molecular complexity index is 1250. The lowest BCUT2D eigenvalue weighted by atomic mass is 10.00. The van der Waals surface area contributed by atoms with Crippen molar-refractivity contribution in [3.05, 3.63) is 36.5 Å². The van der Waals surface area contributed by atoms with Gasteiger partial charge < -0.3 is 34.3 Å². The molecule has 1 aliphatic rings. The molecule has 1 heterocycles.